The van der Waals surface area contributed by atoms with Crippen LogP contribution >= 0.6 is 11.6 Å². The van der Waals surface area contributed by atoms with Crippen molar-refractivity contribution >= 4 is 46.7 Å². The fourth-order valence-electron chi connectivity index (χ4n) is 7.04. The zero-order chi connectivity index (χ0) is 35.1. The maximum Gasteiger partial charge on any atom is 0.289 e. The third-order valence-electron chi connectivity index (χ3n) is 10.1. The summed E-state index contributed by atoms with van der Waals surface area (Å²) in [4.78, 5) is 75.3. The summed E-state index contributed by atoms with van der Waals surface area (Å²) in [5.74, 6) is -2.64. The zero-order valence-corrected chi connectivity index (χ0v) is 29.1. The van der Waals surface area contributed by atoms with Gasteiger partial charge in [-0.2, -0.15) is 0 Å². The fourth-order valence-corrected chi connectivity index (χ4v) is 7.23. The summed E-state index contributed by atoms with van der Waals surface area (Å²) >= 11 is 6.25. The second-order valence-corrected chi connectivity index (χ2v) is 15.5. The van der Waals surface area contributed by atoms with Crippen LogP contribution in [0.1, 0.15) is 76.3 Å². The molecule has 4 aliphatic rings. The third kappa shape index (κ3) is 7.66. The topological polar surface area (TPSA) is 146 Å². The van der Waals surface area contributed by atoms with Crippen molar-refractivity contribution in [2.45, 2.75) is 88.9 Å². The maximum atomic E-state index is 14.6. The lowest BCUT2D eigenvalue weighted by atomic mass is 9.85. The highest BCUT2D eigenvalue weighted by molar-refractivity contribution is 6.38. The van der Waals surface area contributed by atoms with Gasteiger partial charge in [0.05, 0.1) is 18.3 Å². The van der Waals surface area contributed by atoms with E-state index in [1.165, 1.54) is 11.9 Å². The minimum absolute atomic E-state index is 0.0344. The summed E-state index contributed by atoms with van der Waals surface area (Å²) in [6.07, 6.45) is 3.29. The van der Waals surface area contributed by atoms with E-state index in [4.69, 9.17) is 16.4 Å². The molecule has 6 rings (SSSR count). The van der Waals surface area contributed by atoms with Crippen LogP contribution < -0.4 is 16.0 Å². The summed E-state index contributed by atoms with van der Waals surface area (Å²) < 4.78 is 0. The van der Waals surface area contributed by atoms with Gasteiger partial charge in [-0.15, -0.1) is 0 Å². The minimum atomic E-state index is -1.04. The minimum Gasteiger partial charge on any atom is -0.387 e. The molecule has 11 nitrogen and oxygen atoms in total. The van der Waals surface area contributed by atoms with Crippen molar-refractivity contribution < 1.29 is 28.8 Å². The number of Topliss-reactive ketones (excluding diaryl/α,β-unsaturated/α-hetero) is 1. The van der Waals surface area contributed by atoms with Crippen molar-refractivity contribution in [1.29, 1.82) is 0 Å². The first-order valence-electron chi connectivity index (χ1n) is 17.0. The highest BCUT2D eigenvalue weighted by Crippen LogP contribution is 2.48. The Balaban J connectivity index is 1.25. The summed E-state index contributed by atoms with van der Waals surface area (Å²) in [5, 5.41) is 13.1. The van der Waals surface area contributed by atoms with Crippen molar-refractivity contribution in [3.05, 3.63) is 70.7 Å². The molecule has 2 aliphatic carbocycles. The molecule has 4 amide bonds. The predicted molar refractivity (Wildman–Crippen MR) is 184 cm³/mol. The molecule has 49 heavy (non-hydrogen) atoms. The van der Waals surface area contributed by atoms with Crippen molar-refractivity contribution in [2.24, 2.45) is 22.4 Å². The molecule has 12 heteroatoms. The Morgan fingerprint density at radius 1 is 1.02 bits per heavy atom. The summed E-state index contributed by atoms with van der Waals surface area (Å²) in [7, 11) is 1.37. The number of amides is 4. The largest absolute Gasteiger partial charge is 0.387 e. The Morgan fingerprint density at radius 3 is 2.41 bits per heavy atom. The molecule has 2 heterocycles. The standard InChI is InChI=1S/C37H44ClN5O6/c1-36(2,3)31(41-32(45)26-17-25(26)22-9-6-5-7-10-22)35(48)43-20-37(18-28(42-49-37)23-11-8-12-24(38)16-23)19-29(43)33(46)40-27(15-21-13-14-21)30(44)34(47)39-4/h5-12,16,21,25-27,29,31H,13-15,17-20H2,1-4H3,(H,39,47)(H,40,46)(H,41,45)/t25-,26-,27-,29-,31+,37+/m0/s1. The number of ketones is 1. The molecular formula is C37H44ClN5O6. The molecule has 2 saturated carbocycles. The van der Waals surface area contributed by atoms with Crippen molar-refractivity contribution in [1.82, 2.24) is 20.9 Å². The number of halogens is 1. The van der Waals surface area contributed by atoms with Crippen molar-refractivity contribution in [3.8, 4) is 0 Å². The SMILES string of the molecule is CNC(=O)C(=O)[C@H](CC1CC1)NC(=O)[C@@H]1C[C@]2(CC(c3cccc(Cl)c3)=NO2)CN1C(=O)[C@@H](NC(=O)[C@H]1C[C@H]1c1ccccc1)C(C)(C)C. The van der Waals surface area contributed by atoms with Crippen LogP contribution in [-0.4, -0.2) is 77.3 Å². The predicted octanol–water partition coefficient (Wildman–Crippen LogP) is 3.74. The number of nitrogens with one attached hydrogen (secondary N) is 3. The Bertz CT molecular complexity index is 1670. The highest BCUT2D eigenvalue weighted by atomic mass is 35.5. The maximum absolute atomic E-state index is 14.6. The first-order valence-corrected chi connectivity index (χ1v) is 17.4. The number of likely N-dealkylation sites (tertiary alicyclic amines) is 1. The van der Waals surface area contributed by atoms with Crippen molar-refractivity contribution in [3.63, 3.8) is 0 Å². The second kappa shape index (κ2) is 13.6. The van der Waals surface area contributed by atoms with Gasteiger partial charge in [0.2, 0.25) is 23.5 Å². The lowest BCUT2D eigenvalue weighted by Gasteiger charge is -2.35. The number of benzene rings is 2. The van der Waals surface area contributed by atoms with Crippen LogP contribution in [0.25, 0.3) is 0 Å². The molecule has 2 aromatic rings. The van der Waals surface area contributed by atoms with E-state index in [-0.39, 0.29) is 36.6 Å². The van der Waals surface area contributed by atoms with Gasteiger partial charge in [-0.05, 0) is 47.8 Å². The molecular weight excluding hydrogens is 646 g/mol. The van der Waals surface area contributed by atoms with E-state index in [1.807, 2.05) is 63.2 Å². The molecule has 6 atom stereocenters. The Morgan fingerprint density at radius 2 is 1.76 bits per heavy atom. The van der Waals surface area contributed by atoms with E-state index >= 15 is 0 Å². The Labute approximate surface area is 291 Å². The lowest BCUT2D eigenvalue weighted by Crippen LogP contribution is -2.59. The van der Waals surface area contributed by atoms with Gasteiger partial charge >= 0.3 is 0 Å². The van der Waals surface area contributed by atoms with E-state index in [0.29, 0.717) is 30.0 Å². The average molecular weight is 690 g/mol. The molecule has 2 aliphatic heterocycles. The Kier molecular flexibility index (Phi) is 9.59. The average Bonchev–Trinajstić information content (AvgIpc) is 4.00. The van der Waals surface area contributed by atoms with Crippen LogP contribution in [0.4, 0.5) is 0 Å². The monoisotopic (exact) mass is 689 g/mol. The van der Waals surface area contributed by atoms with Gasteiger partial charge < -0.3 is 25.7 Å². The quantitative estimate of drug-likeness (QED) is 0.307. The molecule has 0 radical (unpaired) electrons. The van der Waals surface area contributed by atoms with Gasteiger partial charge in [0.15, 0.2) is 5.60 Å². The highest BCUT2D eigenvalue weighted by Gasteiger charge is 2.56. The normalized spacial score (nSPS) is 25.5. The second-order valence-electron chi connectivity index (χ2n) is 15.0. The molecule has 2 aromatic carbocycles. The zero-order valence-electron chi connectivity index (χ0n) is 28.3. The summed E-state index contributed by atoms with van der Waals surface area (Å²) in [6, 6.07) is 14.0. The van der Waals surface area contributed by atoms with Crippen LogP contribution in [0.5, 0.6) is 0 Å². The first-order chi connectivity index (χ1) is 23.3. The molecule has 0 aromatic heterocycles. The van der Waals surface area contributed by atoms with Crippen LogP contribution in [-0.2, 0) is 28.8 Å². The fraction of sp³-hybridized carbons (Fsp3) is 0.514. The molecule has 3 N–H and O–H groups in total. The van der Waals surface area contributed by atoms with Gasteiger partial charge in [0, 0.05) is 36.4 Å². The molecule has 0 unspecified atom stereocenters. The van der Waals surface area contributed by atoms with Gasteiger partial charge in [-0.1, -0.05) is 92.8 Å². The number of oxime groups is 1. The molecule has 1 spiro atoms. The van der Waals surface area contributed by atoms with E-state index in [9.17, 15) is 24.0 Å². The van der Waals surface area contributed by atoms with Gasteiger partial charge in [-0.25, -0.2) is 0 Å². The van der Waals surface area contributed by atoms with Crippen LogP contribution in [0.2, 0.25) is 5.02 Å². The van der Waals surface area contributed by atoms with Gasteiger partial charge in [-0.3, -0.25) is 24.0 Å². The smallest absolute Gasteiger partial charge is 0.289 e. The van der Waals surface area contributed by atoms with E-state index < -0.39 is 52.6 Å². The van der Waals surface area contributed by atoms with Gasteiger partial charge in [0.25, 0.3) is 5.91 Å². The van der Waals surface area contributed by atoms with E-state index in [1.54, 1.807) is 12.1 Å². The summed E-state index contributed by atoms with van der Waals surface area (Å²) in [6.45, 7) is 5.65. The van der Waals surface area contributed by atoms with Crippen LogP contribution in [0.15, 0.2) is 59.8 Å². The number of carbonyl (C=O) groups is 5. The summed E-state index contributed by atoms with van der Waals surface area (Å²) in [5.41, 5.74) is 0.767. The molecule has 1 saturated heterocycles. The number of hydrogen-bond donors (Lipinski definition) is 3. The number of carbonyl (C=O) groups excluding carboxylic acids is 5. The number of rotatable bonds is 11. The molecule has 3 fully saturated rings. The van der Waals surface area contributed by atoms with Crippen LogP contribution in [0.3, 0.4) is 0 Å². The number of likely N-dealkylation sites (N-methyl/N-ethyl adjacent to an activating group) is 1. The molecule has 260 valence electrons. The molecule has 0 bridgehead atoms. The number of hydrogen-bond acceptors (Lipinski definition) is 7. The van der Waals surface area contributed by atoms with Crippen LogP contribution in [0, 0.1) is 17.3 Å². The van der Waals surface area contributed by atoms with Gasteiger partial charge in [0.1, 0.15) is 12.1 Å². The third-order valence-corrected chi connectivity index (χ3v) is 10.3. The lowest BCUT2D eigenvalue weighted by molar-refractivity contribution is -0.145. The van der Waals surface area contributed by atoms with Crippen molar-refractivity contribution in [2.75, 3.05) is 13.6 Å². The van der Waals surface area contributed by atoms with E-state index in [0.717, 1.165) is 24.0 Å². The number of nitrogens with zero attached hydrogens (tertiary/aromatic N) is 2. The first kappa shape index (κ1) is 34.6. The van der Waals surface area contributed by atoms with E-state index in [2.05, 4.69) is 21.1 Å². The Hall–Kier alpha value is -4.25.